The Morgan fingerprint density at radius 3 is 3.04 bits per heavy atom. The Hall–Kier alpha value is -1.87. The van der Waals surface area contributed by atoms with Crippen LogP contribution in [-0.4, -0.2) is 61.7 Å². The number of halogens is 1. The number of aromatic amines is 1. The predicted molar refractivity (Wildman–Crippen MR) is 108 cm³/mol. The quantitative estimate of drug-likeness (QED) is 0.541. The van der Waals surface area contributed by atoms with E-state index in [-0.39, 0.29) is 12.0 Å². The van der Waals surface area contributed by atoms with Gasteiger partial charge in [0.15, 0.2) is 11.3 Å². The normalized spacial score (nSPS) is 20.5. The number of nitrogens with zero attached hydrogens (tertiary/aromatic N) is 4. The van der Waals surface area contributed by atoms with Gasteiger partial charge >= 0.3 is 0 Å². The Morgan fingerprint density at radius 1 is 1.30 bits per heavy atom. The molecule has 9 heteroatoms. The molecular formula is C18H21ClN6OS. The van der Waals surface area contributed by atoms with Gasteiger partial charge in [-0.15, -0.1) is 11.8 Å². The minimum absolute atomic E-state index is 0.241. The van der Waals surface area contributed by atoms with E-state index in [0.29, 0.717) is 17.9 Å². The number of aromatic nitrogens is 4. The van der Waals surface area contributed by atoms with Gasteiger partial charge < -0.3 is 10.8 Å². The number of H-pyrrole nitrogens is 1. The van der Waals surface area contributed by atoms with Crippen LogP contribution in [0.5, 0.6) is 0 Å². The van der Waals surface area contributed by atoms with E-state index in [0.717, 1.165) is 46.4 Å². The lowest BCUT2D eigenvalue weighted by molar-refractivity contribution is 0.150. The highest BCUT2D eigenvalue weighted by molar-refractivity contribution is 7.99. The van der Waals surface area contributed by atoms with Crippen LogP contribution in [-0.2, 0) is 6.42 Å². The smallest absolute Gasteiger partial charge is 0.155 e. The first-order valence-electron chi connectivity index (χ1n) is 8.82. The third kappa shape index (κ3) is 4.19. The number of nitrogens with one attached hydrogen (secondary N) is 1. The van der Waals surface area contributed by atoms with Crippen molar-refractivity contribution in [1.82, 2.24) is 25.1 Å². The van der Waals surface area contributed by atoms with E-state index in [1.165, 1.54) is 6.33 Å². The molecule has 0 unspecified atom stereocenters. The molecule has 0 radical (unpaired) electrons. The molecule has 2 atom stereocenters. The summed E-state index contributed by atoms with van der Waals surface area (Å²) in [6.07, 6.45) is 1.92. The Labute approximate surface area is 166 Å². The first-order chi connectivity index (χ1) is 13.1. The molecule has 4 rings (SSSR count). The third-order valence-corrected chi connectivity index (χ3v) is 6.28. The van der Waals surface area contributed by atoms with Gasteiger partial charge in [0, 0.05) is 47.6 Å². The van der Waals surface area contributed by atoms with Crippen molar-refractivity contribution >= 4 is 40.2 Å². The monoisotopic (exact) mass is 404 g/mol. The zero-order valence-electron chi connectivity index (χ0n) is 14.7. The fraction of sp³-hybridized carbons (Fsp3) is 0.389. The highest BCUT2D eigenvalue weighted by atomic mass is 35.5. The van der Waals surface area contributed by atoms with Gasteiger partial charge in [-0.05, 0) is 18.2 Å². The van der Waals surface area contributed by atoms with E-state index in [9.17, 15) is 5.11 Å². The molecule has 0 spiro atoms. The second-order valence-corrected chi connectivity index (χ2v) is 8.29. The molecule has 7 nitrogen and oxygen atoms in total. The first-order valence-corrected chi connectivity index (χ1v) is 10.2. The number of benzene rings is 1. The number of aliphatic hydroxyl groups is 1. The fourth-order valence-corrected chi connectivity index (χ4v) is 4.77. The Bertz CT molecular complexity index is 935. The third-order valence-electron chi connectivity index (χ3n) is 4.86. The van der Waals surface area contributed by atoms with Gasteiger partial charge in [0.1, 0.15) is 11.8 Å². The van der Waals surface area contributed by atoms with Gasteiger partial charge in [0.05, 0.1) is 11.8 Å². The first kappa shape index (κ1) is 18.5. The number of nitrogens with two attached hydrogens (primary N) is 1. The number of β-amino-alcohol motifs (C(OH)–C–C–N with tert-alkyl or cyclic N) is 1. The summed E-state index contributed by atoms with van der Waals surface area (Å²) in [4.78, 5) is 11.7. The molecular weight excluding hydrogens is 384 g/mol. The number of hydrogen-bond donors (Lipinski definition) is 3. The van der Waals surface area contributed by atoms with Crippen molar-refractivity contribution < 1.29 is 5.11 Å². The van der Waals surface area contributed by atoms with E-state index < -0.39 is 0 Å². The number of hydrogen-bond acceptors (Lipinski definition) is 7. The lowest BCUT2D eigenvalue weighted by Gasteiger charge is -2.15. The van der Waals surface area contributed by atoms with Gasteiger partial charge in [-0.25, -0.2) is 9.97 Å². The zero-order chi connectivity index (χ0) is 18.8. The molecule has 27 heavy (non-hydrogen) atoms. The summed E-state index contributed by atoms with van der Waals surface area (Å²) in [6.45, 7) is 2.39. The Morgan fingerprint density at radius 2 is 2.19 bits per heavy atom. The standard InChI is InChI=1S/C18H21ClN6OS/c19-12-2-1-3-13(6-12)27-9-11-7-25(8-15(11)26)5-4-14-16-17(24-23-14)18(20)22-10-21-16/h1-3,6,10-11,15,26H,4-5,7-9H2,(H,23,24)(H2,20,21,22)/t11-,15+/m1/s1. The SMILES string of the molecule is Nc1ncnc2c(CCN3C[C@H](CSc4cccc(Cl)c4)[C@@H](O)C3)[nH]nc12. The molecule has 3 aromatic rings. The molecule has 1 saturated heterocycles. The molecule has 0 saturated carbocycles. The molecule has 1 fully saturated rings. The number of thioether (sulfide) groups is 1. The maximum atomic E-state index is 10.4. The van der Waals surface area contributed by atoms with Crippen molar-refractivity contribution in [3.8, 4) is 0 Å². The number of likely N-dealkylation sites (tertiary alicyclic amines) is 1. The average Bonchev–Trinajstić information content (AvgIpc) is 3.22. The number of fused-ring (bicyclic) bond motifs is 1. The summed E-state index contributed by atoms with van der Waals surface area (Å²) in [5.74, 6) is 1.50. The molecule has 2 aromatic heterocycles. The van der Waals surface area contributed by atoms with Crippen LogP contribution in [0.15, 0.2) is 35.5 Å². The summed E-state index contributed by atoms with van der Waals surface area (Å²) in [5, 5.41) is 18.4. The number of anilines is 1. The maximum absolute atomic E-state index is 10.4. The lowest BCUT2D eigenvalue weighted by atomic mass is 10.1. The molecule has 0 bridgehead atoms. The van der Waals surface area contributed by atoms with Crippen molar-refractivity contribution in [2.75, 3.05) is 31.1 Å². The number of nitrogen functional groups attached to an aromatic ring is 1. The summed E-state index contributed by atoms with van der Waals surface area (Å²) in [5.41, 5.74) is 8.17. The second-order valence-electron chi connectivity index (χ2n) is 6.76. The average molecular weight is 405 g/mol. The van der Waals surface area contributed by atoms with Crippen LogP contribution >= 0.6 is 23.4 Å². The van der Waals surface area contributed by atoms with Gasteiger partial charge in [-0.3, -0.25) is 10.00 Å². The van der Waals surface area contributed by atoms with Crippen molar-refractivity contribution in [2.24, 2.45) is 5.92 Å². The van der Waals surface area contributed by atoms with Crippen molar-refractivity contribution in [2.45, 2.75) is 17.4 Å². The summed E-state index contributed by atoms with van der Waals surface area (Å²) < 4.78 is 0. The summed E-state index contributed by atoms with van der Waals surface area (Å²) in [7, 11) is 0. The van der Waals surface area contributed by atoms with E-state index >= 15 is 0 Å². The maximum Gasteiger partial charge on any atom is 0.155 e. The van der Waals surface area contributed by atoms with Crippen LogP contribution in [0.1, 0.15) is 5.69 Å². The Kier molecular flexibility index (Phi) is 5.49. The van der Waals surface area contributed by atoms with Crippen LogP contribution in [0.3, 0.4) is 0 Å². The van der Waals surface area contributed by atoms with Gasteiger partial charge in [0.25, 0.3) is 0 Å². The van der Waals surface area contributed by atoms with Crippen LogP contribution in [0.4, 0.5) is 5.82 Å². The number of rotatable bonds is 6. The molecule has 0 amide bonds. The molecule has 0 aliphatic carbocycles. The minimum atomic E-state index is -0.312. The van der Waals surface area contributed by atoms with Crippen LogP contribution in [0.2, 0.25) is 5.02 Å². The fourth-order valence-electron chi connectivity index (χ4n) is 3.39. The molecule has 1 aliphatic rings. The van der Waals surface area contributed by atoms with Crippen molar-refractivity contribution in [1.29, 1.82) is 0 Å². The van der Waals surface area contributed by atoms with Crippen molar-refractivity contribution in [3.05, 3.63) is 41.3 Å². The molecule has 4 N–H and O–H groups in total. The molecule has 142 valence electrons. The zero-order valence-corrected chi connectivity index (χ0v) is 16.2. The van der Waals surface area contributed by atoms with Crippen LogP contribution in [0.25, 0.3) is 11.0 Å². The summed E-state index contributed by atoms with van der Waals surface area (Å²) >= 11 is 7.78. The highest BCUT2D eigenvalue weighted by Gasteiger charge is 2.31. The molecule has 3 heterocycles. The van der Waals surface area contributed by atoms with E-state index in [2.05, 4.69) is 25.1 Å². The molecule has 1 aromatic carbocycles. The number of aliphatic hydroxyl groups excluding tert-OH is 1. The molecule has 1 aliphatic heterocycles. The van der Waals surface area contributed by atoms with Crippen LogP contribution in [0, 0.1) is 5.92 Å². The van der Waals surface area contributed by atoms with Gasteiger partial charge in [0.2, 0.25) is 0 Å². The summed E-state index contributed by atoms with van der Waals surface area (Å²) in [6, 6.07) is 7.83. The van der Waals surface area contributed by atoms with E-state index in [4.69, 9.17) is 17.3 Å². The van der Waals surface area contributed by atoms with Crippen molar-refractivity contribution in [3.63, 3.8) is 0 Å². The second kappa shape index (κ2) is 8.02. The lowest BCUT2D eigenvalue weighted by Crippen LogP contribution is -2.24. The van der Waals surface area contributed by atoms with Gasteiger partial charge in [-0.2, -0.15) is 5.10 Å². The Balaban J connectivity index is 1.32. The van der Waals surface area contributed by atoms with Crippen LogP contribution < -0.4 is 5.73 Å². The topological polar surface area (TPSA) is 104 Å². The highest BCUT2D eigenvalue weighted by Crippen LogP contribution is 2.28. The van der Waals surface area contributed by atoms with E-state index in [1.54, 1.807) is 11.8 Å². The van der Waals surface area contributed by atoms with E-state index in [1.807, 2.05) is 24.3 Å². The minimum Gasteiger partial charge on any atom is -0.391 e. The predicted octanol–water partition coefficient (Wildman–Crippen LogP) is 2.22. The largest absolute Gasteiger partial charge is 0.391 e. The van der Waals surface area contributed by atoms with Gasteiger partial charge in [-0.1, -0.05) is 17.7 Å².